The molecule has 2 rings (SSSR count). The van der Waals surface area contributed by atoms with Crippen LogP contribution in [0.3, 0.4) is 0 Å². The molecular formula is C18H24N4O2S. The van der Waals surface area contributed by atoms with Gasteiger partial charge >= 0.3 is 0 Å². The molecule has 0 fully saturated rings. The predicted octanol–water partition coefficient (Wildman–Crippen LogP) is 2.23. The molecule has 0 aliphatic heterocycles. The Kier molecular flexibility index (Phi) is 6.66. The molecule has 4 N–H and O–H groups in total. The number of thiazole rings is 1. The van der Waals surface area contributed by atoms with Crippen LogP contribution >= 0.6 is 11.3 Å². The van der Waals surface area contributed by atoms with Crippen molar-refractivity contribution in [2.75, 3.05) is 0 Å². The lowest BCUT2D eigenvalue weighted by Crippen LogP contribution is -2.41. The molecule has 0 spiro atoms. The first-order valence-electron chi connectivity index (χ1n) is 8.22. The standard InChI is InChI=1S/C18H24N4O2S/c1-11(2)15(22-16(23)12(3)19)18-21-14(10-25-18)17(24)20-9-13-7-5-4-6-8-13/h4-8,10-12,15H,9,19H2,1-3H3,(H,20,24)(H,22,23)/t12-,15?/m0/s1. The van der Waals surface area contributed by atoms with Crippen molar-refractivity contribution in [2.45, 2.75) is 39.4 Å². The van der Waals surface area contributed by atoms with Crippen LogP contribution in [0.25, 0.3) is 0 Å². The Morgan fingerprint density at radius 1 is 1.20 bits per heavy atom. The van der Waals surface area contributed by atoms with E-state index in [0.717, 1.165) is 5.56 Å². The number of nitrogens with two attached hydrogens (primary N) is 1. The van der Waals surface area contributed by atoms with Gasteiger partial charge in [-0.2, -0.15) is 0 Å². The second-order valence-electron chi connectivity index (χ2n) is 6.26. The van der Waals surface area contributed by atoms with Crippen LogP contribution in [0.1, 0.15) is 47.9 Å². The van der Waals surface area contributed by atoms with Crippen LogP contribution in [0.2, 0.25) is 0 Å². The van der Waals surface area contributed by atoms with Gasteiger partial charge in [-0.15, -0.1) is 11.3 Å². The second-order valence-corrected chi connectivity index (χ2v) is 7.15. The van der Waals surface area contributed by atoms with E-state index in [0.29, 0.717) is 17.2 Å². The number of aromatic nitrogens is 1. The van der Waals surface area contributed by atoms with Crippen LogP contribution in [0.5, 0.6) is 0 Å². The summed E-state index contributed by atoms with van der Waals surface area (Å²) in [5, 5.41) is 8.16. The van der Waals surface area contributed by atoms with Crippen molar-refractivity contribution in [3.63, 3.8) is 0 Å². The molecule has 2 atom stereocenters. The maximum Gasteiger partial charge on any atom is 0.271 e. The van der Waals surface area contributed by atoms with Crippen LogP contribution in [-0.2, 0) is 11.3 Å². The summed E-state index contributed by atoms with van der Waals surface area (Å²) in [4.78, 5) is 28.6. The molecule has 0 radical (unpaired) electrons. The maximum absolute atomic E-state index is 12.3. The summed E-state index contributed by atoms with van der Waals surface area (Å²) in [6.07, 6.45) is 0. The highest BCUT2D eigenvalue weighted by atomic mass is 32.1. The monoisotopic (exact) mass is 360 g/mol. The van der Waals surface area contributed by atoms with Crippen LogP contribution in [-0.4, -0.2) is 22.8 Å². The normalized spacial score (nSPS) is 13.3. The molecule has 0 bridgehead atoms. The number of benzene rings is 1. The average Bonchev–Trinajstić information content (AvgIpc) is 3.07. The van der Waals surface area contributed by atoms with Crippen LogP contribution in [0.15, 0.2) is 35.7 Å². The van der Waals surface area contributed by atoms with Crippen LogP contribution in [0.4, 0.5) is 0 Å². The fourth-order valence-electron chi connectivity index (χ4n) is 2.20. The van der Waals surface area contributed by atoms with E-state index in [1.807, 2.05) is 44.2 Å². The van der Waals surface area contributed by atoms with Crippen molar-refractivity contribution in [3.05, 3.63) is 52.0 Å². The van der Waals surface area contributed by atoms with Gasteiger partial charge in [0.2, 0.25) is 5.91 Å². The molecular weight excluding hydrogens is 336 g/mol. The van der Waals surface area contributed by atoms with E-state index in [9.17, 15) is 9.59 Å². The summed E-state index contributed by atoms with van der Waals surface area (Å²) in [5.74, 6) is -0.328. The lowest BCUT2D eigenvalue weighted by atomic mass is 10.0. The van der Waals surface area contributed by atoms with Gasteiger partial charge in [-0.25, -0.2) is 4.98 Å². The minimum atomic E-state index is -0.588. The number of nitrogens with one attached hydrogen (secondary N) is 2. The summed E-state index contributed by atoms with van der Waals surface area (Å²) in [6, 6.07) is 8.83. The molecule has 2 amide bonds. The Bertz CT molecular complexity index is 713. The van der Waals surface area contributed by atoms with Gasteiger partial charge in [-0.05, 0) is 18.4 Å². The third-order valence-electron chi connectivity index (χ3n) is 3.69. The van der Waals surface area contributed by atoms with Crippen molar-refractivity contribution in [3.8, 4) is 0 Å². The van der Waals surface area contributed by atoms with Crippen LogP contribution < -0.4 is 16.4 Å². The summed E-state index contributed by atoms with van der Waals surface area (Å²) >= 11 is 1.36. The minimum absolute atomic E-state index is 0.133. The quantitative estimate of drug-likeness (QED) is 0.705. The number of nitrogens with zero attached hydrogens (tertiary/aromatic N) is 1. The molecule has 2 aromatic rings. The summed E-state index contributed by atoms with van der Waals surface area (Å²) in [5.41, 5.74) is 7.00. The fourth-order valence-corrected chi connectivity index (χ4v) is 3.22. The largest absolute Gasteiger partial charge is 0.347 e. The fraction of sp³-hybridized carbons (Fsp3) is 0.389. The Hall–Kier alpha value is -2.25. The van der Waals surface area contributed by atoms with Gasteiger partial charge in [0, 0.05) is 11.9 Å². The molecule has 1 aromatic carbocycles. The summed E-state index contributed by atoms with van der Waals surface area (Å²) < 4.78 is 0. The molecule has 1 aromatic heterocycles. The molecule has 0 aliphatic carbocycles. The van der Waals surface area contributed by atoms with E-state index >= 15 is 0 Å². The number of carbonyl (C=O) groups is 2. The van der Waals surface area contributed by atoms with Crippen molar-refractivity contribution in [1.82, 2.24) is 15.6 Å². The highest BCUT2D eigenvalue weighted by Gasteiger charge is 2.24. The van der Waals surface area contributed by atoms with Crippen molar-refractivity contribution >= 4 is 23.2 Å². The third-order valence-corrected chi connectivity index (χ3v) is 4.62. The Balaban J connectivity index is 2.03. The lowest BCUT2D eigenvalue weighted by Gasteiger charge is -2.21. The van der Waals surface area contributed by atoms with Crippen molar-refractivity contribution in [2.24, 2.45) is 11.7 Å². The molecule has 1 heterocycles. The number of hydrogen-bond donors (Lipinski definition) is 3. The molecule has 6 nitrogen and oxygen atoms in total. The first-order valence-corrected chi connectivity index (χ1v) is 9.10. The summed E-state index contributed by atoms with van der Waals surface area (Å²) in [7, 11) is 0. The molecule has 0 saturated heterocycles. The molecule has 1 unspecified atom stereocenters. The molecule has 0 saturated carbocycles. The highest BCUT2D eigenvalue weighted by molar-refractivity contribution is 7.09. The van der Waals surface area contributed by atoms with E-state index in [1.165, 1.54) is 11.3 Å². The van der Waals surface area contributed by atoms with E-state index in [2.05, 4.69) is 15.6 Å². The van der Waals surface area contributed by atoms with Gasteiger partial charge in [0.15, 0.2) is 0 Å². The van der Waals surface area contributed by atoms with Crippen molar-refractivity contribution in [1.29, 1.82) is 0 Å². The minimum Gasteiger partial charge on any atom is -0.347 e. The maximum atomic E-state index is 12.3. The molecule has 7 heteroatoms. The summed E-state index contributed by atoms with van der Waals surface area (Å²) in [6.45, 7) is 6.06. The third kappa shape index (κ3) is 5.37. The second kappa shape index (κ2) is 8.73. The number of rotatable bonds is 7. The number of carbonyl (C=O) groups excluding carboxylic acids is 2. The molecule has 134 valence electrons. The highest BCUT2D eigenvalue weighted by Crippen LogP contribution is 2.25. The lowest BCUT2D eigenvalue weighted by molar-refractivity contribution is -0.123. The number of hydrogen-bond acceptors (Lipinski definition) is 5. The predicted molar refractivity (Wildman–Crippen MR) is 99.1 cm³/mol. The molecule has 0 aliphatic rings. The zero-order valence-corrected chi connectivity index (χ0v) is 15.5. The first-order chi connectivity index (χ1) is 11.9. The Labute approximate surface area is 151 Å². The SMILES string of the molecule is CC(C)C(NC(=O)[C@H](C)N)c1nc(C(=O)NCc2ccccc2)cs1. The number of amides is 2. The topological polar surface area (TPSA) is 97.1 Å². The Morgan fingerprint density at radius 3 is 2.48 bits per heavy atom. The average molecular weight is 360 g/mol. The van der Waals surface area contributed by atoms with Crippen molar-refractivity contribution < 1.29 is 9.59 Å². The van der Waals surface area contributed by atoms with Gasteiger partial charge in [-0.1, -0.05) is 44.2 Å². The zero-order chi connectivity index (χ0) is 18.4. The van der Waals surface area contributed by atoms with Crippen LogP contribution in [0, 0.1) is 5.92 Å². The molecule has 25 heavy (non-hydrogen) atoms. The van der Waals surface area contributed by atoms with Gasteiger partial charge in [0.1, 0.15) is 10.7 Å². The van der Waals surface area contributed by atoms with Gasteiger partial charge in [0.25, 0.3) is 5.91 Å². The van der Waals surface area contributed by atoms with E-state index < -0.39 is 6.04 Å². The van der Waals surface area contributed by atoms with Gasteiger partial charge in [0.05, 0.1) is 12.1 Å². The van der Waals surface area contributed by atoms with E-state index in [1.54, 1.807) is 12.3 Å². The van der Waals surface area contributed by atoms with E-state index in [4.69, 9.17) is 5.73 Å². The smallest absolute Gasteiger partial charge is 0.271 e. The van der Waals surface area contributed by atoms with E-state index in [-0.39, 0.29) is 23.8 Å². The Morgan fingerprint density at radius 2 is 1.88 bits per heavy atom. The first kappa shape index (κ1) is 19.1. The van der Waals surface area contributed by atoms with Gasteiger partial charge < -0.3 is 16.4 Å². The zero-order valence-electron chi connectivity index (χ0n) is 14.7. The van der Waals surface area contributed by atoms with Gasteiger partial charge in [-0.3, -0.25) is 9.59 Å².